The molecule has 1 aromatic rings. The fraction of sp³-hybridized carbons (Fsp3) is 0.750. The smallest absolute Gasteiger partial charge is 0.191 e. The Bertz CT molecular complexity index is 471. The number of nitrogens with two attached hydrogens (primary N) is 1. The molecule has 0 amide bonds. The highest BCUT2D eigenvalue weighted by Gasteiger charge is 2.21. The van der Waals surface area contributed by atoms with Crippen LogP contribution in [0.15, 0.2) is 16.6 Å². The molecule has 3 rings (SSSR count). The van der Waals surface area contributed by atoms with Crippen molar-refractivity contribution in [1.82, 2.24) is 9.88 Å². The van der Waals surface area contributed by atoms with Gasteiger partial charge in [0.2, 0.25) is 0 Å². The molecule has 0 atom stereocenters. The van der Waals surface area contributed by atoms with Gasteiger partial charge in [-0.3, -0.25) is 4.99 Å². The van der Waals surface area contributed by atoms with Crippen LogP contribution in [0, 0.1) is 11.8 Å². The monoisotopic (exact) mass is 321 g/mol. The normalized spacial score (nSPS) is 27.2. The first-order valence-corrected chi connectivity index (χ1v) is 9.29. The summed E-state index contributed by atoms with van der Waals surface area (Å²) in [7, 11) is 0. The first kappa shape index (κ1) is 15.6. The van der Waals surface area contributed by atoms with Gasteiger partial charge < -0.3 is 15.5 Å². The Morgan fingerprint density at radius 3 is 2.64 bits per heavy atom. The van der Waals surface area contributed by atoms with Gasteiger partial charge in [-0.25, -0.2) is 4.98 Å². The zero-order valence-electron chi connectivity index (χ0n) is 13.4. The lowest BCUT2D eigenvalue weighted by Crippen LogP contribution is -2.51. The summed E-state index contributed by atoms with van der Waals surface area (Å²) >= 11 is 1.70. The topological polar surface area (TPSA) is 57.8 Å². The van der Waals surface area contributed by atoms with Crippen LogP contribution in [0.2, 0.25) is 0 Å². The second-order valence-electron chi connectivity index (χ2n) is 6.61. The predicted molar refractivity (Wildman–Crippen MR) is 93.5 cm³/mol. The summed E-state index contributed by atoms with van der Waals surface area (Å²) in [6.45, 7) is 7.10. The minimum absolute atomic E-state index is 0.734. The maximum absolute atomic E-state index is 6.20. The van der Waals surface area contributed by atoms with E-state index in [0.29, 0.717) is 0 Å². The molecular formula is C16H27N5S. The number of thiazole rings is 1. The Kier molecular flexibility index (Phi) is 5.18. The molecule has 1 aromatic heterocycles. The Morgan fingerprint density at radius 2 is 2.00 bits per heavy atom. The van der Waals surface area contributed by atoms with Crippen molar-refractivity contribution >= 4 is 22.4 Å². The number of anilines is 1. The van der Waals surface area contributed by atoms with Crippen LogP contribution in [0.4, 0.5) is 5.13 Å². The molecule has 0 spiro atoms. The van der Waals surface area contributed by atoms with Crippen molar-refractivity contribution in [2.75, 3.05) is 37.6 Å². The number of rotatable bonds is 3. The van der Waals surface area contributed by atoms with Crippen LogP contribution in [0.25, 0.3) is 0 Å². The van der Waals surface area contributed by atoms with Crippen molar-refractivity contribution in [2.45, 2.75) is 32.6 Å². The van der Waals surface area contributed by atoms with Gasteiger partial charge in [-0.2, -0.15) is 0 Å². The van der Waals surface area contributed by atoms with Crippen LogP contribution >= 0.6 is 11.3 Å². The summed E-state index contributed by atoms with van der Waals surface area (Å²) in [5, 5.41) is 3.15. The van der Waals surface area contributed by atoms with Gasteiger partial charge in [0.1, 0.15) is 0 Å². The molecule has 0 aromatic carbocycles. The van der Waals surface area contributed by atoms with Crippen molar-refractivity contribution in [3.8, 4) is 0 Å². The number of guanidine groups is 1. The van der Waals surface area contributed by atoms with Gasteiger partial charge in [0.05, 0.1) is 0 Å². The summed E-state index contributed by atoms with van der Waals surface area (Å²) in [6, 6.07) is 0. The van der Waals surface area contributed by atoms with Crippen molar-refractivity contribution < 1.29 is 0 Å². The van der Waals surface area contributed by atoms with E-state index in [-0.39, 0.29) is 0 Å². The lowest BCUT2D eigenvalue weighted by Gasteiger charge is -2.35. The fourth-order valence-electron chi connectivity index (χ4n) is 3.33. The van der Waals surface area contributed by atoms with Gasteiger partial charge in [-0.15, -0.1) is 11.3 Å². The molecule has 1 saturated carbocycles. The summed E-state index contributed by atoms with van der Waals surface area (Å²) < 4.78 is 0. The SMILES string of the molecule is CC1CCC(CN=C(N)N2CCN(c3nccs3)CC2)CC1. The van der Waals surface area contributed by atoms with Crippen molar-refractivity contribution in [1.29, 1.82) is 0 Å². The third-order valence-electron chi connectivity index (χ3n) is 4.94. The first-order valence-electron chi connectivity index (χ1n) is 8.41. The van der Waals surface area contributed by atoms with Crippen LogP contribution in [0.5, 0.6) is 0 Å². The highest BCUT2D eigenvalue weighted by molar-refractivity contribution is 7.13. The standard InChI is InChI=1S/C16H27N5S/c1-13-2-4-14(5-3-13)12-19-15(17)20-7-9-21(10-8-20)16-18-6-11-22-16/h6,11,13-14H,2-5,7-10,12H2,1H3,(H2,17,19). The lowest BCUT2D eigenvalue weighted by atomic mass is 9.83. The van der Waals surface area contributed by atoms with E-state index in [1.54, 1.807) is 11.3 Å². The molecule has 2 fully saturated rings. The van der Waals surface area contributed by atoms with E-state index in [9.17, 15) is 0 Å². The predicted octanol–water partition coefficient (Wildman–Crippen LogP) is 2.41. The van der Waals surface area contributed by atoms with E-state index in [0.717, 1.165) is 55.7 Å². The zero-order valence-corrected chi connectivity index (χ0v) is 14.3. The number of piperazine rings is 1. The molecule has 22 heavy (non-hydrogen) atoms. The van der Waals surface area contributed by atoms with Crippen LogP contribution in [-0.4, -0.2) is 48.6 Å². The Morgan fingerprint density at radius 1 is 1.27 bits per heavy atom. The van der Waals surface area contributed by atoms with Crippen molar-refractivity contribution in [2.24, 2.45) is 22.6 Å². The number of hydrogen-bond acceptors (Lipinski definition) is 4. The quantitative estimate of drug-likeness (QED) is 0.686. The Hall–Kier alpha value is -1.30. The minimum atomic E-state index is 0.734. The average molecular weight is 321 g/mol. The molecule has 2 N–H and O–H groups in total. The fourth-order valence-corrected chi connectivity index (χ4v) is 4.03. The average Bonchev–Trinajstić information content (AvgIpc) is 3.09. The van der Waals surface area contributed by atoms with E-state index < -0.39 is 0 Å². The van der Waals surface area contributed by atoms with Gasteiger partial charge in [0.15, 0.2) is 11.1 Å². The molecule has 0 radical (unpaired) electrons. The maximum atomic E-state index is 6.20. The molecule has 5 nitrogen and oxygen atoms in total. The molecule has 1 saturated heterocycles. The highest BCUT2D eigenvalue weighted by Crippen LogP contribution is 2.28. The summed E-state index contributed by atoms with van der Waals surface area (Å²) in [4.78, 5) is 13.6. The molecule has 122 valence electrons. The van der Waals surface area contributed by atoms with E-state index in [1.165, 1.54) is 25.7 Å². The Labute approximate surface area is 137 Å². The molecule has 1 aliphatic heterocycles. The van der Waals surface area contributed by atoms with Crippen LogP contribution in [0.3, 0.4) is 0 Å². The molecule has 2 aliphatic rings. The van der Waals surface area contributed by atoms with Crippen molar-refractivity contribution in [3.05, 3.63) is 11.6 Å². The van der Waals surface area contributed by atoms with Gasteiger partial charge in [0, 0.05) is 44.3 Å². The lowest BCUT2D eigenvalue weighted by molar-refractivity contribution is 0.294. The molecule has 0 bridgehead atoms. The summed E-state index contributed by atoms with van der Waals surface area (Å²) in [6.07, 6.45) is 7.21. The number of nitrogens with zero attached hydrogens (tertiary/aromatic N) is 4. The second-order valence-corrected chi connectivity index (χ2v) is 7.49. The van der Waals surface area contributed by atoms with Crippen LogP contribution < -0.4 is 10.6 Å². The molecular weight excluding hydrogens is 294 g/mol. The maximum Gasteiger partial charge on any atom is 0.191 e. The number of aliphatic imine (C=N–C) groups is 1. The minimum Gasteiger partial charge on any atom is -0.370 e. The van der Waals surface area contributed by atoms with Crippen LogP contribution in [-0.2, 0) is 0 Å². The second kappa shape index (κ2) is 7.31. The number of hydrogen-bond donors (Lipinski definition) is 1. The van der Waals surface area contributed by atoms with Crippen LogP contribution in [0.1, 0.15) is 32.6 Å². The Balaban J connectivity index is 1.45. The first-order chi connectivity index (χ1) is 10.7. The van der Waals surface area contributed by atoms with Gasteiger partial charge in [-0.05, 0) is 24.7 Å². The highest BCUT2D eigenvalue weighted by atomic mass is 32.1. The molecule has 1 aliphatic carbocycles. The van der Waals surface area contributed by atoms with E-state index in [1.807, 2.05) is 11.6 Å². The van der Waals surface area contributed by atoms with E-state index in [4.69, 9.17) is 5.73 Å². The third-order valence-corrected chi connectivity index (χ3v) is 5.77. The molecule has 0 unspecified atom stereocenters. The van der Waals surface area contributed by atoms with E-state index >= 15 is 0 Å². The third kappa shape index (κ3) is 3.91. The summed E-state index contributed by atoms with van der Waals surface area (Å²) in [5.41, 5.74) is 6.20. The largest absolute Gasteiger partial charge is 0.370 e. The number of aromatic nitrogens is 1. The zero-order chi connectivity index (χ0) is 15.4. The van der Waals surface area contributed by atoms with Crippen molar-refractivity contribution in [3.63, 3.8) is 0 Å². The van der Waals surface area contributed by atoms with Gasteiger partial charge in [0.25, 0.3) is 0 Å². The summed E-state index contributed by atoms with van der Waals surface area (Å²) in [5.74, 6) is 2.38. The van der Waals surface area contributed by atoms with Gasteiger partial charge >= 0.3 is 0 Å². The van der Waals surface area contributed by atoms with Gasteiger partial charge in [-0.1, -0.05) is 19.8 Å². The molecule has 2 heterocycles. The van der Waals surface area contributed by atoms with E-state index in [2.05, 4.69) is 26.7 Å². The molecule has 6 heteroatoms.